The van der Waals surface area contributed by atoms with Gasteiger partial charge in [0.05, 0.1) is 10.7 Å². The van der Waals surface area contributed by atoms with Crippen molar-refractivity contribution < 1.29 is 4.79 Å². The smallest absolute Gasteiger partial charge is 0.274 e. The molecule has 0 spiro atoms. The van der Waals surface area contributed by atoms with Gasteiger partial charge >= 0.3 is 0 Å². The van der Waals surface area contributed by atoms with Crippen molar-refractivity contribution in [2.24, 2.45) is 0 Å². The Morgan fingerprint density at radius 3 is 2.72 bits per heavy atom. The van der Waals surface area contributed by atoms with E-state index in [9.17, 15) is 4.79 Å². The summed E-state index contributed by atoms with van der Waals surface area (Å²) in [6.45, 7) is 0. The van der Waals surface area contributed by atoms with Gasteiger partial charge in [0.2, 0.25) is 0 Å². The number of anilines is 2. The van der Waals surface area contributed by atoms with Crippen LogP contribution in [0.25, 0.3) is 0 Å². The second-order valence-corrected chi connectivity index (χ2v) is 4.37. The lowest BCUT2D eigenvalue weighted by Gasteiger charge is -2.07. The highest BCUT2D eigenvalue weighted by Crippen LogP contribution is 2.25. The minimum Gasteiger partial charge on any atom is -0.384 e. The summed E-state index contributed by atoms with van der Waals surface area (Å²) in [5.41, 5.74) is 6.15. The van der Waals surface area contributed by atoms with E-state index in [1.165, 1.54) is 0 Å². The van der Waals surface area contributed by atoms with E-state index in [-0.39, 0.29) is 11.5 Å². The molecule has 2 aromatic rings. The molecule has 92 valence electrons. The Hall–Kier alpha value is -1.78. The lowest BCUT2D eigenvalue weighted by Crippen LogP contribution is -2.14. The highest BCUT2D eigenvalue weighted by molar-refractivity contribution is 6.35. The number of nitrogens with one attached hydrogen (secondary N) is 1. The van der Waals surface area contributed by atoms with Gasteiger partial charge in [0.25, 0.3) is 5.91 Å². The third kappa shape index (κ3) is 2.91. The molecule has 6 heteroatoms. The Kier molecular flexibility index (Phi) is 3.69. The zero-order valence-corrected chi connectivity index (χ0v) is 10.7. The van der Waals surface area contributed by atoms with Crippen molar-refractivity contribution in [3.05, 3.63) is 52.1 Å². The summed E-state index contributed by atoms with van der Waals surface area (Å²) >= 11 is 11.8. The minimum absolute atomic E-state index is 0.214. The molecule has 0 unspecified atom stereocenters. The van der Waals surface area contributed by atoms with Crippen molar-refractivity contribution in [2.45, 2.75) is 0 Å². The summed E-state index contributed by atoms with van der Waals surface area (Å²) in [5.74, 6) is -0.119. The number of carbonyl (C=O) groups is 1. The van der Waals surface area contributed by atoms with Gasteiger partial charge in [-0.3, -0.25) is 4.79 Å². The van der Waals surface area contributed by atoms with Crippen LogP contribution >= 0.6 is 23.2 Å². The lowest BCUT2D eigenvalue weighted by molar-refractivity contribution is 0.102. The highest BCUT2D eigenvalue weighted by Gasteiger charge is 2.10. The van der Waals surface area contributed by atoms with Gasteiger partial charge in [0.1, 0.15) is 11.5 Å². The number of pyridine rings is 1. The van der Waals surface area contributed by atoms with Crippen LogP contribution in [0.2, 0.25) is 10.0 Å². The van der Waals surface area contributed by atoms with E-state index < -0.39 is 5.91 Å². The summed E-state index contributed by atoms with van der Waals surface area (Å²) in [4.78, 5) is 15.8. The molecule has 1 heterocycles. The van der Waals surface area contributed by atoms with E-state index >= 15 is 0 Å². The molecular weight excluding hydrogens is 273 g/mol. The molecule has 2 rings (SSSR count). The van der Waals surface area contributed by atoms with Crippen LogP contribution in [0.1, 0.15) is 10.5 Å². The van der Waals surface area contributed by atoms with Crippen molar-refractivity contribution in [1.29, 1.82) is 0 Å². The van der Waals surface area contributed by atoms with Gasteiger partial charge in [0.15, 0.2) is 0 Å². The lowest BCUT2D eigenvalue weighted by atomic mass is 10.3. The number of halogens is 2. The third-order valence-electron chi connectivity index (χ3n) is 2.18. The molecule has 4 nitrogen and oxygen atoms in total. The number of nitrogens with zero attached hydrogens (tertiary/aromatic N) is 1. The van der Waals surface area contributed by atoms with Crippen LogP contribution in [-0.4, -0.2) is 10.9 Å². The molecule has 0 saturated heterocycles. The highest BCUT2D eigenvalue weighted by atomic mass is 35.5. The molecule has 1 aromatic heterocycles. The number of aromatic nitrogens is 1. The van der Waals surface area contributed by atoms with Gasteiger partial charge in [-0.1, -0.05) is 29.3 Å². The summed E-state index contributed by atoms with van der Waals surface area (Å²) in [6.07, 6.45) is 0. The first-order valence-electron chi connectivity index (χ1n) is 5.05. The normalized spacial score (nSPS) is 10.1. The SMILES string of the molecule is Nc1cccc(C(=O)Nc2cc(Cl)ccc2Cl)n1. The largest absolute Gasteiger partial charge is 0.384 e. The standard InChI is InChI=1S/C12H9Cl2N3O/c13-7-4-5-8(14)10(6-7)17-12(18)9-2-1-3-11(15)16-9/h1-6H,(H2,15,16)(H,17,18). The van der Waals surface area contributed by atoms with E-state index in [0.717, 1.165) is 0 Å². The molecule has 0 fully saturated rings. The van der Waals surface area contributed by atoms with E-state index in [0.29, 0.717) is 15.7 Å². The molecular formula is C12H9Cl2N3O. The number of rotatable bonds is 2. The van der Waals surface area contributed by atoms with Crippen molar-refractivity contribution in [1.82, 2.24) is 4.98 Å². The second-order valence-electron chi connectivity index (χ2n) is 3.53. The topological polar surface area (TPSA) is 68.0 Å². The predicted octanol–water partition coefficient (Wildman–Crippen LogP) is 3.22. The number of amides is 1. The van der Waals surface area contributed by atoms with Gasteiger partial charge in [-0.2, -0.15) is 0 Å². The molecule has 0 aliphatic rings. The number of nitrogens with two attached hydrogens (primary N) is 1. The number of hydrogen-bond donors (Lipinski definition) is 2. The van der Waals surface area contributed by atoms with Gasteiger partial charge in [0, 0.05) is 5.02 Å². The monoisotopic (exact) mass is 281 g/mol. The minimum atomic E-state index is -0.397. The number of carbonyl (C=O) groups excluding carboxylic acids is 1. The summed E-state index contributed by atoms with van der Waals surface area (Å²) in [6, 6.07) is 9.61. The second kappa shape index (κ2) is 5.25. The predicted molar refractivity (Wildman–Crippen MR) is 73.1 cm³/mol. The Morgan fingerprint density at radius 2 is 2.00 bits per heavy atom. The molecule has 0 radical (unpaired) electrons. The van der Waals surface area contributed by atoms with E-state index in [4.69, 9.17) is 28.9 Å². The van der Waals surface area contributed by atoms with Gasteiger partial charge in [-0.25, -0.2) is 4.98 Å². The number of hydrogen-bond acceptors (Lipinski definition) is 3. The number of benzene rings is 1. The Balaban J connectivity index is 2.24. The molecule has 0 aliphatic carbocycles. The fourth-order valence-corrected chi connectivity index (χ4v) is 1.69. The van der Waals surface area contributed by atoms with Gasteiger partial charge in [-0.05, 0) is 30.3 Å². The van der Waals surface area contributed by atoms with Crippen LogP contribution < -0.4 is 11.1 Å². The molecule has 0 aliphatic heterocycles. The first kappa shape index (κ1) is 12.7. The average Bonchev–Trinajstić information content (AvgIpc) is 2.34. The van der Waals surface area contributed by atoms with Crippen molar-refractivity contribution in [2.75, 3.05) is 11.1 Å². The third-order valence-corrected chi connectivity index (χ3v) is 2.74. The molecule has 1 aromatic carbocycles. The maximum absolute atomic E-state index is 11.9. The van der Waals surface area contributed by atoms with Crippen LogP contribution in [0.15, 0.2) is 36.4 Å². The first-order chi connectivity index (χ1) is 8.56. The van der Waals surface area contributed by atoms with Crippen LogP contribution in [0.3, 0.4) is 0 Å². The van der Waals surface area contributed by atoms with Crippen molar-refractivity contribution in [3.63, 3.8) is 0 Å². The quantitative estimate of drug-likeness (QED) is 0.888. The summed E-state index contributed by atoms with van der Waals surface area (Å²) in [5, 5.41) is 3.50. The maximum atomic E-state index is 11.9. The first-order valence-corrected chi connectivity index (χ1v) is 5.81. The van der Waals surface area contributed by atoms with Crippen LogP contribution in [0.4, 0.5) is 11.5 Å². The Morgan fingerprint density at radius 1 is 1.22 bits per heavy atom. The average molecular weight is 282 g/mol. The zero-order valence-electron chi connectivity index (χ0n) is 9.15. The van der Waals surface area contributed by atoms with Crippen molar-refractivity contribution >= 4 is 40.6 Å². The summed E-state index contributed by atoms with van der Waals surface area (Å²) in [7, 11) is 0. The van der Waals surface area contributed by atoms with Crippen molar-refractivity contribution in [3.8, 4) is 0 Å². The molecule has 3 N–H and O–H groups in total. The molecule has 1 amide bonds. The molecule has 0 saturated carbocycles. The molecule has 0 bridgehead atoms. The fraction of sp³-hybridized carbons (Fsp3) is 0. The van der Waals surface area contributed by atoms with E-state index in [1.807, 2.05) is 0 Å². The zero-order chi connectivity index (χ0) is 13.1. The molecule has 0 atom stereocenters. The van der Waals surface area contributed by atoms with E-state index in [2.05, 4.69) is 10.3 Å². The number of nitrogen functional groups attached to an aromatic ring is 1. The molecule has 18 heavy (non-hydrogen) atoms. The Labute approximate surface area is 114 Å². The fourth-order valence-electron chi connectivity index (χ4n) is 1.36. The van der Waals surface area contributed by atoms with Crippen LogP contribution in [0, 0.1) is 0 Å². The maximum Gasteiger partial charge on any atom is 0.274 e. The summed E-state index contributed by atoms with van der Waals surface area (Å²) < 4.78 is 0. The van der Waals surface area contributed by atoms with Crippen LogP contribution in [-0.2, 0) is 0 Å². The van der Waals surface area contributed by atoms with E-state index in [1.54, 1.807) is 36.4 Å². The van der Waals surface area contributed by atoms with Gasteiger partial charge in [-0.15, -0.1) is 0 Å². The van der Waals surface area contributed by atoms with Gasteiger partial charge < -0.3 is 11.1 Å². The Bertz CT molecular complexity index is 602. The van der Waals surface area contributed by atoms with Crippen LogP contribution in [0.5, 0.6) is 0 Å².